The van der Waals surface area contributed by atoms with Gasteiger partial charge in [0.05, 0.1) is 17.6 Å². The summed E-state index contributed by atoms with van der Waals surface area (Å²) in [6, 6.07) is 16.9. The van der Waals surface area contributed by atoms with Gasteiger partial charge in [-0.05, 0) is 48.6 Å². The highest BCUT2D eigenvalue weighted by atomic mass is 32.2. The highest BCUT2D eigenvalue weighted by Crippen LogP contribution is 2.22. The van der Waals surface area contributed by atoms with Crippen LogP contribution in [0.25, 0.3) is 6.08 Å². The molecule has 5 nitrogen and oxygen atoms in total. The van der Waals surface area contributed by atoms with Gasteiger partial charge in [-0.15, -0.1) is 0 Å². The summed E-state index contributed by atoms with van der Waals surface area (Å²) in [5.41, 5.74) is 1.73. The third-order valence-electron chi connectivity index (χ3n) is 5.24. The van der Waals surface area contributed by atoms with Crippen LogP contribution in [0.15, 0.2) is 60.7 Å². The molecule has 1 heterocycles. The topological polar surface area (TPSA) is 63.7 Å². The lowest BCUT2D eigenvalue weighted by molar-refractivity contribution is -0.126. The lowest BCUT2D eigenvalue weighted by Crippen LogP contribution is -2.42. The van der Waals surface area contributed by atoms with E-state index in [-0.39, 0.29) is 16.9 Å². The number of hydrogen-bond donors (Lipinski definition) is 0. The molecule has 0 unspecified atom stereocenters. The van der Waals surface area contributed by atoms with Gasteiger partial charge in [-0.3, -0.25) is 4.79 Å². The Labute approximate surface area is 179 Å². The molecule has 0 atom stereocenters. The molecule has 160 valence electrons. The number of amides is 1. The van der Waals surface area contributed by atoms with Crippen LogP contribution in [-0.2, 0) is 20.4 Å². The molecule has 0 aliphatic carbocycles. The maximum Gasteiger partial charge on any atom is 0.246 e. The van der Waals surface area contributed by atoms with Gasteiger partial charge in [0, 0.05) is 19.2 Å². The summed E-state index contributed by atoms with van der Waals surface area (Å²) in [5.74, 6) is 0.795. The first-order chi connectivity index (χ1) is 14.5. The van der Waals surface area contributed by atoms with E-state index in [2.05, 4.69) is 6.92 Å². The lowest BCUT2D eigenvalue weighted by atomic mass is 10.1. The van der Waals surface area contributed by atoms with Crippen molar-refractivity contribution in [2.45, 2.75) is 37.2 Å². The van der Waals surface area contributed by atoms with Gasteiger partial charge >= 0.3 is 0 Å². The van der Waals surface area contributed by atoms with Gasteiger partial charge in [0.2, 0.25) is 5.91 Å². The number of benzene rings is 2. The van der Waals surface area contributed by atoms with Gasteiger partial charge in [0.25, 0.3) is 0 Å². The summed E-state index contributed by atoms with van der Waals surface area (Å²) < 4.78 is 31.0. The third kappa shape index (κ3) is 6.20. The Bertz CT molecular complexity index is 944. The first-order valence-electron chi connectivity index (χ1n) is 10.4. The fourth-order valence-electron chi connectivity index (χ4n) is 3.53. The van der Waals surface area contributed by atoms with Gasteiger partial charge in [-0.25, -0.2) is 8.42 Å². The van der Waals surface area contributed by atoms with E-state index in [0.717, 1.165) is 23.3 Å². The Hall–Kier alpha value is -2.60. The van der Waals surface area contributed by atoms with Crippen LogP contribution < -0.4 is 4.74 Å². The molecule has 0 radical (unpaired) electrons. The number of sulfone groups is 1. The Morgan fingerprint density at radius 3 is 2.37 bits per heavy atom. The minimum Gasteiger partial charge on any atom is -0.494 e. The summed E-state index contributed by atoms with van der Waals surface area (Å²) in [6.07, 6.45) is 5.27. The zero-order valence-corrected chi connectivity index (χ0v) is 18.2. The molecule has 2 aromatic carbocycles. The van der Waals surface area contributed by atoms with Gasteiger partial charge < -0.3 is 9.64 Å². The van der Waals surface area contributed by atoms with E-state index in [9.17, 15) is 13.2 Å². The standard InChI is InChI=1S/C24H29NO4S/c1-2-18-29-22-11-8-20(9-12-22)10-13-24(26)25-16-14-23(15-17-25)30(27,28)19-21-6-4-3-5-7-21/h3-13,23H,2,14-19H2,1H3/b13-10+. The van der Waals surface area contributed by atoms with E-state index in [1.807, 2.05) is 54.6 Å². The highest BCUT2D eigenvalue weighted by Gasteiger charge is 2.31. The average molecular weight is 428 g/mol. The second kappa shape index (κ2) is 10.4. The van der Waals surface area contributed by atoms with Crippen LogP contribution in [0.2, 0.25) is 0 Å². The minimum absolute atomic E-state index is 0.0598. The summed E-state index contributed by atoms with van der Waals surface area (Å²) in [4.78, 5) is 14.2. The molecular formula is C24H29NO4S. The van der Waals surface area contributed by atoms with E-state index in [4.69, 9.17) is 4.74 Å². The van der Waals surface area contributed by atoms with Crippen molar-refractivity contribution in [1.29, 1.82) is 0 Å². The molecule has 0 saturated carbocycles. The summed E-state index contributed by atoms with van der Waals surface area (Å²) in [7, 11) is -3.22. The second-order valence-electron chi connectivity index (χ2n) is 7.57. The van der Waals surface area contributed by atoms with Crippen LogP contribution >= 0.6 is 0 Å². The van der Waals surface area contributed by atoms with Crippen LogP contribution in [-0.4, -0.2) is 44.2 Å². The second-order valence-corrected chi connectivity index (χ2v) is 9.85. The average Bonchev–Trinajstić information content (AvgIpc) is 2.77. The molecule has 3 rings (SSSR count). The maximum atomic E-state index is 12.7. The number of hydrogen-bond acceptors (Lipinski definition) is 4. The quantitative estimate of drug-likeness (QED) is 0.595. The molecule has 6 heteroatoms. The molecule has 0 aromatic heterocycles. The van der Waals surface area contributed by atoms with Crippen molar-refractivity contribution < 1.29 is 17.9 Å². The SMILES string of the molecule is CCCOc1ccc(/C=C/C(=O)N2CCC(S(=O)(=O)Cc3ccccc3)CC2)cc1. The number of likely N-dealkylation sites (tertiary alicyclic amines) is 1. The molecular weight excluding hydrogens is 398 g/mol. The zero-order chi connectivity index (χ0) is 21.4. The molecule has 1 aliphatic rings. The fraction of sp³-hybridized carbons (Fsp3) is 0.375. The molecule has 1 aliphatic heterocycles. The third-order valence-corrected chi connectivity index (χ3v) is 7.47. The number of carbonyl (C=O) groups is 1. The number of piperidine rings is 1. The van der Waals surface area contributed by atoms with E-state index in [1.54, 1.807) is 17.1 Å². The summed E-state index contributed by atoms with van der Waals surface area (Å²) in [6.45, 7) is 3.67. The van der Waals surface area contributed by atoms with E-state index >= 15 is 0 Å². The number of carbonyl (C=O) groups excluding carboxylic acids is 1. The largest absolute Gasteiger partial charge is 0.494 e. The first kappa shape index (κ1) is 22.1. The molecule has 0 bridgehead atoms. The fourth-order valence-corrected chi connectivity index (χ4v) is 5.35. The molecule has 1 saturated heterocycles. The number of rotatable bonds is 8. The predicted octanol–water partition coefficient (Wildman–Crippen LogP) is 4.09. The maximum absolute atomic E-state index is 12.7. The molecule has 1 amide bonds. The van der Waals surface area contributed by atoms with E-state index in [1.165, 1.54) is 0 Å². The summed E-state index contributed by atoms with van der Waals surface area (Å²) in [5, 5.41) is -0.388. The first-order valence-corrected chi connectivity index (χ1v) is 12.1. The van der Waals surface area contributed by atoms with Crippen LogP contribution in [0.5, 0.6) is 5.75 Å². The number of ether oxygens (including phenoxy) is 1. The molecule has 0 spiro atoms. The van der Waals surface area contributed by atoms with Crippen molar-refractivity contribution in [1.82, 2.24) is 4.90 Å². The Balaban J connectivity index is 1.50. The van der Waals surface area contributed by atoms with Gasteiger partial charge in [-0.1, -0.05) is 49.4 Å². The molecule has 2 aromatic rings. The van der Waals surface area contributed by atoms with Crippen molar-refractivity contribution in [3.8, 4) is 5.75 Å². The molecule has 1 fully saturated rings. The minimum atomic E-state index is -3.22. The summed E-state index contributed by atoms with van der Waals surface area (Å²) >= 11 is 0. The monoisotopic (exact) mass is 427 g/mol. The van der Waals surface area contributed by atoms with E-state index in [0.29, 0.717) is 32.5 Å². The zero-order valence-electron chi connectivity index (χ0n) is 17.4. The van der Waals surface area contributed by atoms with Gasteiger partial charge in [0.1, 0.15) is 5.75 Å². The molecule has 0 N–H and O–H groups in total. The normalized spacial score (nSPS) is 15.4. The van der Waals surface area contributed by atoms with Crippen molar-refractivity contribution >= 4 is 21.8 Å². The van der Waals surface area contributed by atoms with Crippen molar-refractivity contribution in [2.75, 3.05) is 19.7 Å². The van der Waals surface area contributed by atoms with Crippen molar-refractivity contribution in [3.05, 3.63) is 71.8 Å². The van der Waals surface area contributed by atoms with Gasteiger partial charge in [-0.2, -0.15) is 0 Å². The van der Waals surface area contributed by atoms with Crippen molar-refractivity contribution in [3.63, 3.8) is 0 Å². The van der Waals surface area contributed by atoms with Crippen molar-refractivity contribution in [2.24, 2.45) is 0 Å². The Morgan fingerprint density at radius 2 is 1.73 bits per heavy atom. The van der Waals surface area contributed by atoms with Crippen LogP contribution in [0, 0.1) is 0 Å². The van der Waals surface area contributed by atoms with Gasteiger partial charge in [0.15, 0.2) is 9.84 Å². The number of nitrogens with zero attached hydrogens (tertiary/aromatic N) is 1. The molecule has 30 heavy (non-hydrogen) atoms. The Morgan fingerprint density at radius 1 is 1.07 bits per heavy atom. The predicted molar refractivity (Wildman–Crippen MR) is 120 cm³/mol. The van der Waals surface area contributed by atoms with Crippen LogP contribution in [0.1, 0.15) is 37.3 Å². The highest BCUT2D eigenvalue weighted by molar-refractivity contribution is 7.91. The van der Waals surface area contributed by atoms with Crippen LogP contribution in [0.3, 0.4) is 0 Å². The smallest absolute Gasteiger partial charge is 0.246 e. The lowest BCUT2D eigenvalue weighted by Gasteiger charge is -2.31. The Kier molecular flexibility index (Phi) is 7.69. The van der Waals surface area contributed by atoms with E-state index < -0.39 is 9.84 Å². The van der Waals surface area contributed by atoms with Crippen LogP contribution in [0.4, 0.5) is 0 Å².